The van der Waals surface area contributed by atoms with Crippen LogP contribution >= 0.6 is 0 Å². The third kappa shape index (κ3) is 5.30. The molecule has 37 heavy (non-hydrogen) atoms. The van der Waals surface area contributed by atoms with Crippen LogP contribution in [0.4, 0.5) is 17.1 Å². The number of hydrogen-bond donors (Lipinski definition) is 2. The Bertz CT molecular complexity index is 1560. The minimum atomic E-state index is -0.735. The van der Waals surface area contributed by atoms with Crippen LogP contribution in [0.15, 0.2) is 87.1 Å². The SMILES string of the molecule is CC/C(CC(c1ccccc1)c1c(O)c2ccccc2oc1=O)=N\Nc1ccc([N+](=O)[O-])cc1[N+](=O)[O-]. The van der Waals surface area contributed by atoms with Crippen molar-refractivity contribution >= 4 is 33.7 Å². The smallest absolute Gasteiger partial charge is 0.343 e. The molecule has 0 aliphatic rings. The molecule has 0 spiro atoms. The Morgan fingerprint density at radius 3 is 2.41 bits per heavy atom. The first-order chi connectivity index (χ1) is 17.8. The molecule has 1 unspecified atom stereocenters. The highest BCUT2D eigenvalue weighted by Gasteiger charge is 2.26. The van der Waals surface area contributed by atoms with Crippen LogP contribution in [0, 0.1) is 20.2 Å². The fourth-order valence-electron chi connectivity index (χ4n) is 4.05. The number of benzene rings is 3. The molecule has 11 nitrogen and oxygen atoms in total. The average Bonchev–Trinajstić information content (AvgIpc) is 2.90. The summed E-state index contributed by atoms with van der Waals surface area (Å²) >= 11 is 0. The molecule has 1 atom stereocenters. The van der Waals surface area contributed by atoms with Gasteiger partial charge in [0.1, 0.15) is 17.0 Å². The lowest BCUT2D eigenvalue weighted by molar-refractivity contribution is -0.393. The number of nitro groups is 2. The number of hydrogen-bond acceptors (Lipinski definition) is 9. The van der Waals surface area contributed by atoms with Gasteiger partial charge in [0.15, 0.2) is 0 Å². The lowest BCUT2D eigenvalue weighted by Crippen LogP contribution is -2.18. The maximum absolute atomic E-state index is 13.0. The third-order valence-electron chi connectivity index (χ3n) is 5.94. The van der Waals surface area contributed by atoms with Crippen molar-refractivity contribution in [3.8, 4) is 5.75 Å². The van der Waals surface area contributed by atoms with Gasteiger partial charge in [-0.15, -0.1) is 0 Å². The van der Waals surface area contributed by atoms with Crippen LogP contribution in [0.3, 0.4) is 0 Å². The van der Waals surface area contributed by atoms with E-state index >= 15 is 0 Å². The first-order valence-electron chi connectivity index (χ1n) is 11.3. The third-order valence-corrected chi connectivity index (χ3v) is 5.94. The highest BCUT2D eigenvalue weighted by atomic mass is 16.6. The van der Waals surface area contributed by atoms with Gasteiger partial charge in [-0.05, 0) is 36.6 Å². The van der Waals surface area contributed by atoms with Crippen molar-refractivity contribution in [2.45, 2.75) is 25.7 Å². The maximum Gasteiger partial charge on any atom is 0.343 e. The summed E-state index contributed by atoms with van der Waals surface area (Å²) in [5, 5.41) is 38.3. The number of para-hydroxylation sites is 1. The molecule has 2 N–H and O–H groups in total. The van der Waals surface area contributed by atoms with E-state index in [0.717, 1.165) is 17.7 Å². The lowest BCUT2D eigenvalue weighted by Gasteiger charge is -2.19. The number of aromatic hydroxyl groups is 1. The van der Waals surface area contributed by atoms with Crippen LogP contribution in [-0.2, 0) is 0 Å². The van der Waals surface area contributed by atoms with Crippen LogP contribution in [0.25, 0.3) is 11.0 Å². The molecule has 0 fully saturated rings. The van der Waals surface area contributed by atoms with Crippen LogP contribution in [0.1, 0.15) is 36.8 Å². The molecular weight excluding hydrogens is 480 g/mol. The van der Waals surface area contributed by atoms with Crippen molar-refractivity contribution in [3.63, 3.8) is 0 Å². The van der Waals surface area contributed by atoms with Crippen LogP contribution in [0.2, 0.25) is 0 Å². The van der Waals surface area contributed by atoms with E-state index < -0.39 is 32.8 Å². The van der Waals surface area contributed by atoms with Crippen molar-refractivity contribution in [2.75, 3.05) is 5.43 Å². The van der Waals surface area contributed by atoms with Gasteiger partial charge in [0, 0.05) is 17.7 Å². The highest BCUT2D eigenvalue weighted by Crippen LogP contribution is 2.36. The second kappa shape index (κ2) is 10.7. The summed E-state index contributed by atoms with van der Waals surface area (Å²) in [7, 11) is 0. The summed E-state index contributed by atoms with van der Waals surface area (Å²) < 4.78 is 5.49. The molecule has 188 valence electrons. The Labute approximate surface area is 210 Å². The van der Waals surface area contributed by atoms with Gasteiger partial charge in [-0.25, -0.2) is 4.79 Å². The zero-order valence-electron chi connectivity index (χ0n) is 19.7. The maximum atomic E-state index is 13.0. The first-order valence-corrected chi connectivity index (χ1v) is 11.3. The van der Waals surface area contributed by atoms with Crippen molar-refractivity contribution in [2.24, 2.45) is 5.10 Å². The number of nitrogens with zero attached hydrogens (tertiary/aromatic N) is 3. The first kappa shape index (κ1) is 25.0. The minimum absolute atomic E-state index is 0.0223. The van der Waals surface area contributed by atoms with Gasteiger partial charge < -0.3 is 9.52 Å². The Morgan fingerprint density at radius 1 is 1.03 bits per heavy atom. The topological polar surface area (TPSA) is 161 Å². The van der Waals surface area contributed by atoms with Crippen LogP contribution in [-0.4, -0.2) is 20.7 Å². The Hall–Kier alpha value is -5.06. The van der Waals surface area contributed by atoms with Gasteiger partial charge >= 0.3 is 11.3 Å². The minimum Gasteiger partial charge on any atom is -0.507 e. The molecule has 0 amide bonds. The van der Waals surface area contributed by atoms with E-state index in [1.165, 1.54) is 6.07 Å². The highest BCUT2D eigenvalue weighted by molar-refractivity contribution is 5.88. The van der Waals surface area contributed by atoms with E-state index in [4.69, 9.17) is 4.42 Å². The quantitative estimate of drug-likeness (QED) is 0.127. The molecule has 0 bridgehead atoms. The van der Waals surface area contributed by atoms with E-state index in [2.05, 4.69) is 10.5 Å². The summed E-state index contributed by atoms with van der Waals surface area (Å²) in [6.07, 6.45) is 0.599. The number of nitrogens with one attached hydrogen (secondary N) is 1. The number of hydrazone groups is 1. The molecule has 1 aromatic heterocycles. The number of rotatable bonds is 9. The Morgan fingerprint density at radius 2 is 1.73 bits per heavy atom. The Balaban J connectivity index is 1.75. The molecule has 0 aliphatic heterocycles. The fraction of sp³-hybridized carbons (Fsp3) is 0.154. The van der Waals surface area contributed by atoms with Crippen molar-refractivity contribution in [3.05, 3.63) is 115 Å². The van der Waals surface area contributed by atoms with Crippen molar-refractivity contribution < 1.29 is 19.4 Å². The van der Waals surface area contributed by atoms with Gasteiger partial charge in [-0.3, -0.25) is 25.7 Å². The summed E-state index contributed by atoms with van der Waals surface area (Å²) in [6, 6.07) is 19.0. The van der Waals surface area contributed by atoms with Gasteiger partial charge in [0.2, 0.25) is 0 Å². The zero-order chi connectivity index (χ0) is 26.5. The van der Waals surface area contributed by atoms with Gasteiger partial charge in [-0.2, -0.15) is 5.10 Å². The number of nitro benzene ring substituents is 2. The van der Waals surface area contributed by atoms with Crippen molar-refractivity contribution in [1.29, 1.82) is 0 Å². The summed E-state index contributed by atoms with van der Waals surface area (Å²) in [5.41, 5.74) is 2.63. The molecular formula is C26H22N4O7. The van der Waals surface area contributed by atoms with E-state index in [1.807, 2.05) is 37.3 Å². The normalized spacial score (nSPS) is 12.3. The standard InChI is InChI=1S/C26H22N4O7/c1-2-17(27-28-21-13-12-18(29(33)34)15-22(21)30(35)36)14-20(16-8-4-3-5-9-16)24-25(31)19-10-6-7-11-23(19)37-26(24)32/h3-13,15,20,28,31H,2,14H2,1H3/b27-17+. The molecule has 0 saturated heterocycles. The molecule has 0 radical (unpaired) electrons. The molecule has 0 saturated carbocycles. The van der Waals surface area contributed by atoms with Gasteiger partial charge in [0.05, 0.1) is 26.9 Å². The van der Waals surface area contributed by atoms with E-state index in [1.54, 1.807) is 24.3 Å². The van der Waals surface area contributed by atoms with E-state index in [9.17, 15) is 30.1 Å². The monoisotopic (exact) mass is 502 g/mol. The molecule has 11 heteroatoms. The second-order valence-electron chi connectivity index (χ2n) is 8.17. The molecule has 4 rings (SSSR count). The molecule has 4 aromatic rings. The Kier molecular flexibility index (Phi) is 7.23. The number of fused-ring (bicyclic) bond motifs is 1. The van der Waals surface area contributed by atoms with Gasteiger partial charge in [0.25, 0.3) is 5.69 Å². The predicted molar refractivity (Wildman–Crippen MR) is 138 cm³/mol. The lowest BCUT2D eigenvalue weighted by atomic mass is 9.86. The number of non-ortho nitro benzene ring substituents is 1. The second-order valence-corrected chi connectivity index (χ2v) is 8.17. The van der Waals surface area contributed by atoms with Gasteiger partial charge in [-0.1, -0.05) is 49.4 Å². The number of anilines is 1. The van der Waals surface area contributed by atoms with E-state index in [0.29, 0.717) is 17.5 Å². The van der Waals surface area contributed by atoms with Crippen LogP contribution in [0.5, 0.6) is 5.75 Å². The molecule has 3 aromatic carbocycles. The summed E-state index contributed by atoms with van der Waals surface area (Å²) in [6.45, 7) is 1.83. The largest absolute Gasteiger partial charge is 0.507 e. The predicted octanol–water partition coefficient (Wildman–Crippen LogP) is 5.72. The van der Waals surface area contributed by atoms with Crippen LogP contribution < -0.4 is 11.1 Å². The summed E-state index contributed by atoms with van der Waals surface area (Å²) in [4.78, 5) is 34.0. The molecule has 1 heterocycles. The summed E-state index contributed by atoms with van der Waals surface area (Å²) in [5.74, 6) is -0.815. The molecule has 0 aliphatic carbocycles. The van der Waals surface area contributed by atoms with Crippen molar-refractivity contribution in [1.82, 2.24) is 0 Å². The zero-order valence-corrected chi connectivity index (χ0v) is 19.7. The average molecular weight is 502 g/mol. The fourth-order valence-corrected chi connectivity index (χ4v) is 4.05. The van der Waals surface area contributed by atoms with E-state index in [-0.39, 0.29) is 29.0 Å².